The van der Waals surface area contributed by atoms with Crippen LogP contribution in [0.15, 0.2) is 18.2 Å². The van der Waals surface area contributed by atoms with Gasteiger partial charge in [0, 0.05) is 12.2 Å². The average molecular weight is 263 g/mol. The van der Waals surface area contributed by atoms with Crippen molar-refractivity contribution in [2.75, 3.05) is 18.4 Å². The molecular formula is C14H21N3O2. The number of imide groups is 1. The molecule has 0 heterocycles. The van der Waals surface area contributed by atoms with Crippen LogP contribution in [0.1, 0.15) is 24.5 Å². The predicted octanol–water partition coefficient (Wildman–Crippen LogP) is 1.95. The van der Waals surface area contributed by atoms with Gasteiger partial charge in [0.25, 0.3) is 0 Å². The van der Waals surface area contributed by atoms with Crippen LogP contribution in [-0.2, 0) is 4.79 Å². The third-order valence-corrected chi connectivity index (χ3v) is 2.61. The number of carbonyl (C=O) groups is 2. The fraction of sp³-hybridized carbons (Fsp3) is 0.429. The molecule has 0 fully saturated rings. The van der Waals surface area contributed by atoms with Crippen molar-refractivity contribution in [3.8, 4) is 0 Å². The minimum absolute atomic E-state index is 0.0729. The molecule has 5 heteroatoms. The number of amides is 3. The number of urea groups is 1. The third-order valence-electron chi connectivity index (χ3n) is 2.61. The van der Waals surface area contributed by atoms with E-state index in [2.05, 4.69) is 16.0 Å². The minimum atomic E-state index is -0.450. The summed E-state index contributed by atoms with van der Waals surface area (Å²) in [5, 5.41) is 7.86. The number of nitrogens with one attached hydrogen (secondary N) is 3. The van der Waals surface area contributed by atoms with Crippen LogP contribution in [-0.4, -0.2) is 25.0 Å². The van der Waals surface area contributed by atoms with Crippen LogP contribution in [0.2, 0.25) is 0 Å². The van der Waals surface area contributed by atoms with Gasteiger partial charge >= 0.3 is 6.03 Å². The first-order valence-corrected chi connectivity index (χ1v) is 6.41. The SMILES string of the molecule is CCCNC(=O)NC(=O)CNc1ccc(C)cc1C. The van der Waals surface area contributed by atoms with E-state index in [1.165, 1.54) is 5.56 Å². The fourth-order valence-corrected chi connectivity index (χ4v) is 1.64. The molecule has 3 amide bonds. The molecule has 0 unspecified atom stereocenters. The first-order chi connectivity index (χ1) is 9.02. The first kappa shape index (κ1) is 15.0. The number of aryl methyl sites for hydroxylation is 2. The lowest BCUT2D eigenvalue weighted by molar-refractivity contribution is -0.118. The normalized spacial score (nSPS) is 9.84. The summed E-state index contributed by atoms with van der Waals surface area (Å²) in [6.45, 7) is 6.57. The van der Waals surface area contributed by atoms with E-state index in [1.807, 2.05) is 39.0 Å². The van der Waals surface area contributed by atoms with Crippen LogP contribution in [0.5, 0.6) is 0 Å². The summed E-state index contributed by atoms with van der Waals surface area (Å²) in [6, 6.07) is 5.49. The van der Waals surface area contributed by atoms with E-state index in [0.29, 0.717) is 6.54 Å². The maximum absolute atomic E-state index is 11.5. The lowest BCUT2D eigenvalue weighted by Crippen LogP contribution is -2.42. The molecule has 5 nitrogen and oxygen atoms in total. The molecule has 0 bridgehead atoms. The van der Waals surface area contributed by atoms with Gasteiger partial charge in [0.15, 0.2) is 0 Å². The molecule has 0 atom stereocenters. The molecule has 0 spiro atoms. The molecule has 19 heavy (non-hydrogen) atoms. The van der Waals surface area contributed by atoms with Gasteiger partial charge in [-0.3, -0.25) is 10.1 Å². The number of hydrogen-bond acceptors (Lipinski definition) is 3. The van der Waals surface area contributed by atoms with Crippen molar-refractivity contribution >= 4 is 17.6 Å². The number of anilines is 1. The number of benzene rings is 1. The summed E-state index contributed by atoms with van der Waals surface area (Å²) < 4.78 is 0. The fourth-order valence-electron chi connectivity index (χ4n) is 1.64. The van der Waals surface area contributed by atoms with Gasteiger partial charge in [-0.1, -0.05) is 24.6 Å². The van der Waals surface area contributed by atoms with Gasteiger partial charge < -0.3 is 10.6 Å². The molecule has 0 aliphatic carbocycles. The van der Waals surface area contributed by atoms with Crippen molar-refractivity contribution in [1.29, 1.82) is 0 Å². The molecule has 3 N–H and O–H groups in total. The number of rotatable bonds is 5. The Hall–Kier alpha value is -2.04. The zero-order chi connectivity index (χ0) is 14.3. The molecular weight excluding hydrogens is 242 g/mol. The number of hydrogen-bond donors (Lipinski definition) is 3. The second kappa shape index (κ2) is 7.41. The van der Waals surface area contributed by atoms with Crippen LogP contribution < -0.4 is 16.0 Å². The van der Waals surface area contributed by atoms with Crippen molar-refractivity contribution in [1.82, 2.24) is 10.6 Å². The molecule has 1 aromatic carbocycles. The van der Waals surface area contributed by atoms with Gasteiger partial charge in [-0.25, -0.2) is 4.79 Å². The summed E-state index contributed by atoms with van der Waals surface area (Å²) >= 11 is 0. The molecule has 0 aliphatic heterocycles. The zero-order valence-electron chi connectivity index (χ0n) is 11.7. The quantitative estimate of drug-likeness (QED) is 0.760. The maximum Gasteiger partial charge on any atom is 0.321 e. The highest BCUT2D eigenvalue weighted by molar-refractivity contribution is 5.96. The Bertz CT molecular complexity index is 458. The van der Waals surface area contributed by atoms with Crippen LogP contribution in [0, 0.1) is 13.8 Å². The molecule has 1 rings (SSSR count). The molecule has 1 aromatic rings. The topological polar surface area (TPSA) is 70.2 Å². The summed E-state index contributed by atoms with van der Waals surface area (Å²) in [4.78, 5) is 22.8. The van der Waals surface area contributed by atoms with Crippen LogP contribution in [0.3, 0.4) is 0 Å². The summed E-state index contributed by atoms with van der Waals surface area (Å²) in [7, 11) is 0. The maximum atomic E-state index is 11.5. The van der Waals surface area contributed by atoms with Crippen LogP contribution in [0.4, 0.5) is 10.5 Å². The molecule has 0 aromatic heterocycles. The van der Waals surface area contributed by atoms with Crippen LogP contribution >= 0.6 is 0 Å². The van der Waals surface area contributed by atoms with Gasteiger partial charge in [0.2, 0.25) is 5.91 Å². The largest absolute Gasteiger partial charge is 0.376 e. The predicted molar refractivity (Wildman–Crippen MR) is 76.2 cm³/mol. The summed E-state index contributed by atoms with van der Waals surface area (Å²) in [5.74, 6) is -0.353. The Labute approximate surface area is 113 Å². The standard InChI is InChI=1S/C14H21N3O2/c1-4-7-15-14(19)17-13(18)9-16-12-6-5-10(2)8-11(12)3/h5-6,8,16H,4,7,9H2,1-3H3,(H2,15,17,18,19). The van der Waals surface area contributed by atoms with Gasteiger partial charge in [0.05, 0.1) is 6.54 Å². The van der Waals surface area contributed by atoms with E-state index in [9.17, 15) is 9.59 Å². The highest BCUT2D eigenvalue weighted by Gasteiger charge is 2.07. The highest BCUT2D eigenvalue weighted by Crippen LogP contribution is 2.15. The Morgan fingerprint density at radius 2 is 1.95 bits per heavy atom. The van der Waals surface area contributed by atoms with E-state index in [0.717, 1.165) is 17.7 Å². The van der Waals surface area contributed by atoms with Crippen LogP contribution in [0.25, 0.3) is 0 Å². The lowest BCUT2D eigenvalue weighted by Gasteiger charge is -2.10. The molecule has 0 aliphatic rings. The highest BCUT2D eigenvalue weighted by atomic mass is 16.2. The molecule has 104 valence electrons. The van der Waals surface area contributed by atoms with Crippen molar-refractivity contribution in [2.45, 2.75) is 27.2 Å². The van der Waals surface area contributed by atoms with Gasteiger partial charge in [0.1, 0.15) is 0 Å². The summed E-state index contributed by atoms with van der Waals surface area (Å²) in [6.07, 6.45) is 0.836. The lowest BCUT2D eigenvalue weighted by atomic mass is 10.1. The zero-order valence-corrected chi connectivity index (χ0v) is 11.7. The van der Waals surface area contributed by atoms with Crippen molar-refractivity contribution in [2.24, 2.45) is 0 Å². The van der Waals surface area contributed by atoms with Gasteiger partial charge in [-0.2, -0.15) is 0 Å². The van der Waals surface area contributed by atoms with Crippen molar-refractivity contribution in [3.63, 3.8) is 0 Å². The van der Waals surface area contributed by atoms with E-state index in [-0.39, 0.29) is 12.5 Å². The third kappa shape index (κ3) is 5.42. The van der Waals surface area contributed by atoms with E-state index in [1.54, 1.807) is 0 Å². The molecule has 0 saturated heterocycles. The van der Waals surface area contributed by atoms with Gasteiger partial charge in [-0.15, -0.1) is 0 Å². The monoisotopic (exact) mass is 263 g/mol. The Balaban J connectivity index is 2.39. The van der Waals surface area contributed by atoms with E-state index < -0.39 is 6.03 Å². The number of carbonyl (C=O) groups excluding carboxylic acids is 2. The van der Waals surface area contributed by atoms with Crippen molar-refractivity contribution in [3.05, 3.63) is 29.3 Å². The second-order valence-corrected chi connectivity index (χ2v) is 4.48. The Morgan fingerprint density at radius 3 is 2.58 bits per heavy atom. The van der Waals surface area contributed by atoms with Crippen molar-refractivity contribution < 1.29 is 9.59 Å². The Morgan fingerprint density at radius 1 is 1.21 bits per heavy atom. The minimum Gasteiger partial charge on any atom is -0.376 e. The summed E-state index contributed by atoms with van der Waals surface area (Å²) in [5.41, 5.74) is 3.14. The molecule has 0 saturated carbocycles. The van der Waals surface area contributed by atoms with E-state index in [4.69, 9.17) is 0 Å². The van der Waals surface area contributed by atoms with Gasteiger partial charge in [-0.05, 0) is 31.9 Å². The average Bonchev–Trinajstić information content (AvgIpc) is 2.35. The Kier molecular flexibility index (Phi) is 5.85. The second-order valence-electron chi connectivity index (χ2n) is 4.48. The molecule has 0 radical (unpaired) electrons. The first-order valence-electron chi connectivity index (χ1n) is 6.41. The smallest absolute Gasteiger partial charge is 0.321 e. The van der Waals surface area contributed by atoms with E-state index >= 15 is 0 Å².